The van der Waals surface area contributed by atoms with E-state index in [-0.39, 0.29) is 18.1 Å². The first kappa shape index (κ1) is 18.6. The summed E-state index contributed by atoms with van der Waals surface area (Å²) in [6, 6.07) is 12.9. The zero-order valence-corrected chi connectivity index (χ0v) is 15.0. The van der Waals surface area contributed by atoms with Crippen molar-refractivity contribution in [1.29, 1.82) is 0 Å². The highest BCUT2D eigenvalue weighted by atomic mass is 19.1. The molecule has 7 heteroatoms. The molecule has 1 aliphatic rings. The number of hydrogen-bond acceptors (Lipinski definition) is 5. The van der Waals surface area contributed by atoms with Gasteiger partial charge in [-0.25, -0.2) is 4.39 Å². The average Bonchev–Trinajstić information content (AvgIpc) is 2.62. The minimum Gasteiger partial charge on any atom is -0.427 e. The molecule has 27 heavy (non-hydrogen) atoms. The number of rotatable bonds is 5. The maximum absolute atomic E-state index is 13.4. The molecule has 2 aromatic carbocycles. The van der Waals surface area contributed by atoms with Crippen LogP contribution in [0.1, 0.15) is 25.0 Å². The van der Waals surface area contributed by atoms with Gasteiger partial charge in [-0.1, -0.05) is 29.4 Å². The molecule has 1 aliphatic heterocycles. The second kappa shape index (κ2) is 7.99. The SMILES string of the molecule is CC(=O)Oc1ccc(CN2C(=O)C(Cc3cccc(F)c3)ON=C2C)cc1. The second-order valence-corrected chi connectivity index (χ2v) is 6.23. The number of carbonyl (C=O) groups is 2. The number of oxime groups is 1. The monoisotopic (exact) mass is 370 g/mol. The number of amides is 1. The van der Waals surface area contributed by atoms with Crippen molar-refractivity contribution in [2.24, 2.45) is 5.16 Å². The van der Waals surface area contributed by atoms with Crippen LogP contribution in [0.5, 0.6) is 5.75 Å². The van der Waals surface area contributed by atoms with Crippen LogP contribution in [0.15, 0.2) is 53.7 Å². The molecule has 0 saturated heterocycles. The lowest BCUT2D eigenvalue weighted by molar-refractivity contribution is -0.143. The zero-order valence-electron chi connectivity index (χ0n) is 15.0. The minimum absolute atomic E-state index is 0.231. The van der Waals surface area contributed by atoms with Gasteiger partial charge < -0.3 is 9.57 Å². The lowest BCUT2D eigenvalue weighted by atomic mass is 10.1. The van der Waals surface area contributed by atoms with Gasteiger partial charge in [-0.05, 0) is 42.3 Å². The van der Waals surface area contributed by atoms with Crippen molar-refractivity contribution in [2.75, 3.05) is 0 Å². The molecule has 2 aromatic rings. The van der Waals surface area contributed by atoms with E-state index < -0.39 is 12.1 Å². The summed E-state index contributed by atoms with van der Waals surface area (Å²) in [7, 11) is 0. The topological polar surface area (TPSA) is 68.2 Å². The zero-order chi connectivity index (χ0) is 19.4. The van der Waals surface area contributed by atoms with Gasteiger partial charge in [0, 0.05) is 13.3 Å². The molecule has 1 amide bonds. The summed E-state index contributed by atoms with van der Waals surface area (Å²) in [5, 5.41) is 3.97. The minimum atomic E-state index is -0.809. The van der Waals surface area contributed by atoms with Crippen LogP contribution in [0, 0.1) is 5.82 Å². The molecule has 140 valence electrons. The Labute approximate surface area is 156 Å². The summed E-state index contributed by atoms with van der Waals surface area (Å²) >= 11 is 0. The van der Waals surface area contributed by atoms with E-state index in [2.05, 4.69) is 5.16 Å². The fourth-order valence-electron chi connectivity index (χ4n) is 2.77. The van der Waals surface area contributed by atoms with E-state index in [4.69, 9.17) is 9.57 Å². The molecule has 3 rings (SSSR count). The quantitative estimate of drug-likeness (QED) is 0.599. The number of amidine groups is 1. The molecule has 0 aromatic heterocycles. The summed E-state index contributed by atoms with van der Waals surface area (Å²) in [6.45, 7) is 3.32. The summed E-state index contributed by atoms with van der Waals surface area (Å²) in [4.78, 5) is 30.6. The molecular weight excluding hydrogens is 351 g/mol. The number of ether oxygens (including phenoxy) is 1. The number of halogens is 1. The number of hydrogen-bond donors (Lipinski definition) is 0. The third-order valence-corrected chi connectivity index (χ3v) is 4.08. The Bertz CT molecular complexity index is 880. The van der Waals surface area contributed by atoms with Gasteiger partial charge in [-0.15, -0.1) is 0 Å². The summed E-state index contributed by atoms with van der Waals surface area (Å²) in [6.07, 6.45) is -0.578. The van der Waals surface area contributed by atoms with Crippen LogP contribution in [0.4, 0.5) is 4.39 Å². The molecule has 6 nitrogen and oxygen atoms in total. The van der Waals surface area contributed by atoms with E-state index >= 15 is 0 Å². The Morgan fingerprint density at radius 2 is 1.96 bits per heavy atom. The van der Waals surface area contributed by atoms with E-state index in [0.717, 1.165) is 5.56 Å². The first-order valence-corrected chi connectivity index (χ1v) is 8.46. The van der Waals surface area contributed by atoms with Gasteiger partial charge in [-0.3, -0.25) is 14.5 Å². The van der Waals surface area contributed by atoms with Crippen LogP contribution in [0.2, 0.25) is 0 Å². The van der Waals surface area contributed by atoms with Crippen LogP contribution >= 0.6 is 0 Å². The van der Waals surface area contributed by atoms with Crippen molar-refractivity contribution in [1.82, 2.24) is 4.90 Å². The van der Waals surface area contributed by atoms with Crippen LogP contribution in [-0.4, -0.2) is 28.7 Å². The molecule has 1 heterocycles. The van der Waals surface area contributed by atoms with Crippen molar-refractivity contribution in [3.05, 3.63) is 65.5 Å². The first-order chi connectivity index (χ1) is 12.9. The number of nitrogens with zero attached hydrogens (tertiary/aromatic N) is 2. The Hall–Kier alpha value is -3.22. The Morgan fingerprint density at radius 1 is 1.22 bits per heavy atom. The second-order valence-electron chi connectivity index (χ2n) is 6.23. The molecule has 0 aliphatic carbocycles. The lowest BCUT2D eigenvalue weighted by Gasteiger charge is -2.30. The molecule has 0 N–H and O–H groups in total. The highest BCUT2D eigenvalue weighted by molar-refractivity contribution is 6.00. The van der Waals surface area contributed by atoms with Gasteiger partial charge in [0.1, 0.15) is 17.4 Å². The van der Waals surface area contributed by atoms with Crippen LogP contribution in [-0.2, 0) is 27.4 Å². The average molecular weight is 370 g/mol. The highest BCUT2D eigenvalue weighted by Crippen LogP contribution is 2.19. The number of benzene rings is 2. The maximum atomic E-state index is 13.4. The van der Waals surface area contributed by atoms with E-state index in [1.54, 1.807) is 43.3 Å². The molecule has 1 atom stereocenters. The molecule has 0 fully saturated rings. The van der Waals surface area contributed by atoms with Crippen LogP contribution in [0.25, 0.3) is 0 Å². The smallest absolute Gasteiger partial charge is 0.308 e. The Balaban J connectivity index is 1.71. The summed E-state index contributed by atoms with van der Waals surface area (Å²) in [5.41, 5.74) is 1.51. The number of esters is 1. The molecular formula is C20H19FN2O4. The van der Waals surface area contributed by atoms with Crippen molar-refractivity contribution < 1.29 is 23.6 Å². The largest absolute Gasteiger partial charge is 0.427 e. The normalized spacial score (nSPS) is 16.6. The van der Waals surface area contributed by atoms with Crippen LogP contribution in [0.3, 0.4) is 0 Å². The maximum Gasteiger partial charge on any atom is 0.308 e. The highest BCUT2D eigenvalue weighted by Gasteiger charge is 2.32. The first-order valence-electron chi connectivity index (χ1n) is 8.46. The van der Waals surface area contributed by atoms with E-state index in [9.17, 15) is 14.0 Å². The molecule has 0 saturated carbocycles. The van der Waals surface area contributed by atoms with Gasteiger partial charge in [0.25, 0.3) is 5.91 Å². The Morgan fingerprint density at radius 3 is 2.63 bits per heavy atom. The molecule has 1 unspecified atom stereocenters. The summed E-state index contributed by atoms with van der Waals surface area (Å²) < 4.78 is 18.4. The Kier molecular flexibility index (Phi) is 5.49. The lowest BCUT2D eigenvalue weighted by Crippen LogP contribution is -2.46. The third-order valence-electron chi connectivity index (χ3n) is 4.08. The van der Waals surface area contributed by atoms with Gasteiger partial charge in [0.05, 0.1) is 6.54 Å². The fraction of sp³-hybridized carbons (Fsp3) is 0.250. The van der Waals surface area contributed by atoms with Gasteiger partial charge in [-0.2, -0.15) is 0 Å². The van der Waals surface area contributed by atoms with E-state index in [1.165, 1.54) is 24.0 Å². The van der Waals surface area contributed by atoms with Crippen molar-refractivity contribution >= 4 is 17.7 Å². The van der Waals surface area contributed by atoms with Gasteiger partial charge >= 0.3 is 5.97 Å². The van der Waals surface area contributed by atoms with Gasteiger partial charge in [0.2, 0.25) is 6.10 Å². The molecule has 0 spiro atoms. The number of carbonyl (C=O) groups excluding carboxylic acids is 2. The van der Waals surface area contributed by atoms with Crippen LogP contribution < -0.4 is 4.74 Å². The van der Waals surface area contributed by atoms with Crippen molar-refractivity contribution in [2.45, 2.75) is 32.9 Å². The van der Waals surface area contributed by atoms with E-state index in [1.807, 2.05) is 0 Å². The fourth-order valence-corrected chi connectivity index (χ4v) is 2.77. The third kappa shape index (κ3) is 4.69. The van der Waals surface area contributed by atoms with Gasteiger partial charge in [0.15, 0.2) is 0 Å². The molecule has 0 radical (unpaired) electrons. The standard InChI is InChI=1S/C20H19FN2O4/c1-13-22-27-19(11-16-4-3-5-17(21)10-16)20(25)23(13)12-15-6-8-18(9-7-15)26-14(2)24/h3-10,19H,11-12H2,1-2H3. The van der Waals surface area contributed by atoms with Crippen molar-refractivity contribution in [3.8, 4) is 5.75 Å². The van der Waals surface area contributed by atoms with Crippen molar-refractivity contribution in [3.63, 3.8) is 0 Å². The predicted octanol–water partition coefficient (Wildman–Crippen LogP) is 3.05. The molecule has 0 bridgehead atoms. The predicted molar refractivity (Wildman–Crippen MR) is 96.4 cm³/mol. The van der Waals surface area contributed by atoms with E-state index in [0.29, 0.717) is 23.7 Å². The summed E-state index contributed by atoms with van der Waals surface area (Å²) in [5.74, 6) is -0.112.